The lowest BCUT2D eigenvalue weighted by Gasteiger charge is -2.29. The molecule has 4 N–H and O–H groups in total. The van der Waals surface area contributed by atoms with Gasteiger partial charge in [-0.05, 0) is 95.0 Å². The zero-order valence-corrected chi connectivity index (χ0v) is 42.8. The number of fused-ring (bicyclic) bond motifs is 1. The van der Waals surface area contributed by atoms with E-state index < -0.39 is 11.1 Å². The van der Waals surface area contributed by atoms with Crippen LogP contribution in [0, 0.1) is 11.8 Å². The van der Waals surface area contributed by atoms with Crippen molar-refractivity contribution in [1.82, 2.24) is 9.80 Å². The number of nitrogens with zero attached hydrogens (tertiary/aromatic N) is 2. The Morgan fingerprint density at radius 3 is 1.21 bits per heavy atom. The predicted molar refractivity (Wildman–Crippen MR) is 275 cm³/mol. The van der Waals surface area contributed by atoms with Crippen molar-refractivity contribution in [2.75, 3.05) is 13.1 Å². The molecule has 2 aliphatic rings. The molecule has 0 bridgehead atoms. The van der Waals surface area contributed by atoms with Crippen LogP contribution in [0.3, 0.4) is 0 Å². The number of carbonyl (C=O) groups excluding carboxylic acids is 2. The SMILES string of the molecule is CCCCCCCCC(CCCCCC)CN1C(=O)C2=C(c3ccc(C(C)(C)N)o3)N(CC(CCCCCC)CCCCCCCC)C(=O)C2=C1c1ccc(-c2ccc(C(C)(C)N)cc2)o1. The van der Waals surface area contributed by atoms with Gasteiger partial charge in [-0.2, -0.15) is 0 Å². The standard InChI is InChI=1S/C58H90N4O4/c1-9-13-17-21-23-27-31-43(29-25-19-15-11-3)41-61-53(48-38-37-47(65-48)45-33-35-46(36-34-45)57(5,6)59)51-52(56(61)64)54(49-39-40-50(66-49)58(7,8)60)62(55(51)63)42-44(30-26-20-16-12-4)32-28-24-22-18-14-10-2/h33-40,43-44H,9-32,41-42,59-60H2,1-8H3. The van der Waals surface area contributed by atoms with Crippen molar-refractivity contribution < 1.29 is 18.4 Å². The maximum absolute atomic E-state index is 15.6. The molecule has 0 fully saturated rings. The fourth-order valence-corrected chi connectivity index (χ4v) is 10.1. The smallest absolute Gasteiger partial charge is 0.261 e. The minimum Gasteiger partial charge on any atom is -0.458 e. The third-order valence-electron chi connectivity index (χ3n) is 14.2. The summed E-state index contributed by atoms with van der Waals surface area (Å²) in [5.74, 6) is 2.67. The van der Waals surface area contributed by atoms with Gasteiger partial charge in [0.05, 0.1) is 16.7 Å². The number of benzene rings is 1. The average Bonchev–Trinajstić information content (AvgIpc) is 4.09. The molecule has 3 aromatic rings. The van der Waals surface area contributed by atoms with E-state index >= 15 is 9.59 Å². The summed E-state index contributed by atoms with van der Waals surface area (Å²) in [6.07, 6.45) is 28.4. The van der Waals surface area contributed by atoms with Crippen molar-refractivity contribution >= 4 is 23.2 Å². The van der Waals surface area contributed by atoms with E-state index in [-0.39, 0.29) is 11.8 Å². The molecular formula is C58H90N4O4. The Morgan fingerprint density at radius 2 is 0.818 bits per heavy atom. The van der Waals surface area contributed by atoms with Crippen molar-refractivity contribution in [1.29, 1.82) is 0 Å². The van der Waals surface area contributed by atoms with Crippen LogP contribution in [-0.2, 0) is 20.7 Å². The molecule has 0 spiro atoms. The normalized spacial score (nSPS) is 15.5. The van der Waals surface area contributed by atoms with Crippen LogP contribution < -0.4 is 11.5 Å². The summed E-state index contributed by atoms with van der Waals surface area (Å²) in [5, 5.41) is 0. The summed E-state index contributed by atoms with van der Waals surface area (Å²) >= 11 is 0. The molecule has 8 nitrogen and oxygen atoms in total. The van der Waals surface area contributed by atoms with Gasteiger partial charge in [0, 0.05) is 24.2 Å². The molecule has 2 amide bonds. The van der Waals surface area contributed by atoms with Gasteiger partial charge in [0.25, 0.3) is 11.8 Å². The number of amides is 2. The van der Waals surface area contributed by atoms with Crippen molar-refractivity contribution in [2.45, 2.75) is 221 Å². The Kier molecular flexibility index (Phi) is 20.9. The van der Waals surface area contributed by atoms with E-state index in [1.54, 1.807) is 0 Å². The van der Waals surface area contributed by atoms with Crippen LogP contribution in [0.5, 0.6) is 0 Å². The summed E-state index contributed by atoms with van der Waals surface area (Å²) in [7, 11) is 0. The Bertz CT molecular complexity index is 2000. The van der Waals surface area contributed by atoms with Gasteiger partial charge in [0.2, 0.25) is 0 Å². The molecule has 66 heavy (non-hydrogen) atoms. The monoisotopic (exact) mass is 907 g/mol. The van der Waals surface area contributed by atoms with Crippen LogP contribution in [0.2, 0.25) is 0 Å². The Hall–Kier alpha value is -3.88. The molecule has 2 atom stereocenters. The van der Waals surface area contributed by atoms with Crippen LogP contribution >= 0.6 is 0 Å². The van der Waals surface area contributed by atoms with Crippen molar-refractivity contribution in [3.8, 4) is 11.3 Å². The molecule has 2 aliphatic heterocycles. The van der Waals surface area contributed by atoms with Crippen LogP contribution in [0.4, 0.5) is 0 Å². The van der Waals surface area contributed by atoms with Crippen molar-refractivity contribution in [3.05, 3.63) is 82.5 Å². The molecule has 0 aliphatic carbocycles. The molecule has 4 heterocycles. The molecule has 2 unspecified atom stereocenters. The largest absolute Gasteiger partial charge is 0.458 e. The first-order chi connectivity index (χ1) is 31.7. The Morgan fingerprint density at radius 1 is 0.455 bits per heavy atom. The molecule has 2 aromatic heterocycles. The number of hydrogen-bond acceptors (Lipinski definition) is 6. The highest BCUT2D eigenvalue weighted by Crippen LogP contribution is 2.49. The highest BCUT2D eigenvalue weighted by molar-refractivity contribution is 6.30. The number of unbranched alkanes of at least 4 members (excludes halogenated alkanes) is 16. The predicted octanol–water partition coefficient (Wildman–Crippen LogP) is 15.4. The summed E-state index contributed by atoms with van der Waals surface area (Å²) in [4.78, 5) is 35.0. The summed E-state index contributed by atoms with van der Waals surface area (Å²) < 4.78 is 13.4. The van der Waals surface area contributed by atoms with Gasteiger partial charge >= 0.3 is 0 Å². The van der Waals surface area contributed by atoms with E-state index in [4.69, 9.17) is 20.3 Å². The third-order valence-corrected chi connectivity index (χ3v) is 14.2. The van der Waals surface area contributed by atoms with Gasteiger partial charge in [-0.3, -0.25) is 9.59 Å². The zero-order valence-electron chi connectivity index (χ0n) is 42.8. The van der Waals surface area contributed by atoms with E-state index in [1.165, 1.54) is 103 Å². The van der Waals surface area contributed by atoms with Gasteiger partial charge in [0.15, 0.2) is 11.5 Å². The molecule has 366 valence electrons. The molecule has 0 saturated carbocycles. The average molecular weight is 907 g/mol. The maximum atomic E-state index is 15.6. The van der Waals surface area contributed by atoms with Gasteiger partial charge < -0.3 is 30.1 Å². The first-order valence-electron chi connectivity index (χ1n) is 26.7. The highest BCUT2D eigenvalue weighted by Gasteiger charge is 2.51. The van der Waals surface area contributed by atoms with E-state index in [0.717, 1.165) is 62.5 Å². The summed E-state index contributed by atoms with van der Waals surface area (Å²) in [6, 6.07) is 15.9. The fourth-order valence-electron chi connectivity index (χ4n) is 10.1. The number of hydrogen-bond donors (Lipinski definition) is 2. The van der Waals surface area contributed by atoms with Crippen LogP contribution in [-0.4, -0.2) is 34.7 Å². The van der Waals surface area contributed by atoms with Crippen LogP contribution in [0.25, 0.3) is 22.7 Å². The number of carbonyl (C=O) groups is 2. The van der Waals surface area contributed by atoms with E-state index in [0.29, 0.717) is 70.5 Å². The summed E-state index contributed by atoms with van der Waals surface area (Å²) in [6.45, 7) is 18.0. The fraction of sp³-hybridized carbons (Fsp3) is 0.655. The quantitative estimate of drug-likeness (QED) is 0.0588. The second-order valence-corrected chi connectivity index (χ2v) is 21.2. The van der Waals surface area contributed by atoms with Gasteiger partial charge in [-0.15, -0.1) is 0 Å². The van der Waals surface area contributed by atoms with Gasteiger partial charge in [-0.25, -0.2) is 0 Å². The maximum Gasteiger partial charge on any atom is 0.261 e. The van der Waals surface area contributed by atoms with E-state index in [2.05, 4.69) is 27.7 Å². The first kappa shape index (κ1) is 53.1. The van der Waals surface area contributed by atoms with Crippen LogP contribution in [0.15, 0.2) is 68.5 Å². The molecule has 5 rings (SSSR count). The molecule has 8 heteroatoms. The Labute approximate surface area is 400 Å². The molecule has 0 saturated heterocycles. The highest BCUT2D eigenvalue weighted by atomic mass is 16.3. The van der Waals surface area contributed by atoms with E-state index in [9.17, 15) is 0 Å². The topological polar surface area (TPSA) is 119 Å². The lowest BCUT2D eigenvalue weighted by atomic mass is 9.93. The molecule has 1 aromatic carbocycles. The minimum atomic E-state index is -0.740. The Balaban J connectivity index is 1.61. The molecular weight excluding hydrogens is 817 g/mol. The van der Waals surface area contributed by atoms with Crippen LogP contribution in [0.1, 0.15) is 232 Å². The third kappa shape index (κ3) is 14.6. The lowest BCUT2D eigenvalue weighted by Crippen LogP contribution is -2.35. The second-order valence-electron chi connectivity index (χ2n) is 21.2. The zero-order chi connectivity index (χ0) is 47.7. The minimum absolute atomic E-state index is 0.139. The summed E-state index contributed by atoms with van der Waals surface area (Å²) in [5.41, 5.74) is 15.8. The van der Waals surface area contributed by atoms with Gasteiger partial charge in [0.1, 0.15) is 22.9 Å². The van der Waals surface area contributed by atoms with Crippen molar-refractivity contribution in [2.24, 2.45) is 23.3 Å². The van der Waals surface area contributed by atoms with Gasteiger partial charge in [-0.1, -0.05) is 180 Å². The lowest BCUT2D eigenvalue weighted by molar-refractivity contribution is -0.124. The molecule has 0 radical (unpaired) electrons. The second kappa shape index (κ2) is 26.0. The number of nitrogens with two attached hydrogens (primary N) is 2. The van der Waals surface area contributed by atoms with E-state index in [1.807, 2.05) is 86.0 Å². The number of furan rings is 2. The number of rotatable bonds is 33. The van der Waals surface area contributed by atoms with Crippen molar-refractivity contribution in [3.63, 3.8) is 0 Å². The first-order valence-corrected chi connectivity index (χ1v) is 26.7.